The molecule has 0 N–H and O–H groups in total. The van der Waals surface area contributed by atoms with Crippen LogP contribution in [-0.4, -0.2) is 15.1 Å². The standard InChI is InChI=1S/C23H25NOSi/c1-16-8-6-9-19-20-10-7-11-21(23(20)25-22(16)19)24(2)17-12-14-18(15-13-17)26(3,4)5/h6-15H,1-5H3. The lowest BCUT2D eigenvalue weighted by atomic mass is 10.1. The molecule has 3 aromatic carbocycles. The number of benzene rings is 3. The van der Waals surface area contributed by atoms with E-state index < -0.39 is 8.07 Å². The van der Waals surface area contributed by atoms with E-state index in [1.54, 1.807) is 0 Å². The zero-order valence-corrected chi connectivity index (χ0v) is 17.1. The molecule has 0 aliphatic heterocycles. The van der Waals surface area contributed by atoms with Crippen LogP contribution in [-0.2, 0) is 0 Å². The van der Waals surface area contributed by atoms with Crippen molar-refractivity contribution in [2.75, 3.05) is 11.9 Å². The monoisotopic (exact) mass is 359 g/mol. The molecule has 2 nitrogen and oxygen atoms in total. The topological polar surface area (TPSA) is 16.4 Å². The first-order valence-electron chi connectivity index (χ1n) is 9.11. The molecule has 0 saturated carbocycles. The zero-order valence-electron chi connectivity index (χ0n) is 16.1. The molecule has 26 heavy (non-hydrogen) atoms. The largest absolute Gasteiger partial charge is 0.454 e. The maximum absolute atomic E-state index is 6.30. The third-order valence-electron chi connectivity index (χ3n) is 5.18. The summed E-state index contributed by atoms with van der Waals surface area (Å²) in [5, 5.41) is 3.84. The molecule has 1 heterocycles. The van der Waals surface area contributed by atoms with Crippen molar-refractivity contribution in [3.8, 4) is 0 Å². The van der Waals surface area contributed by atoms with Crippen LogP contribution in [0.5, 0.6) is 0 Å². The Hall–Kier alpha value is -2.52. The number of hydrogen-bond acceptors (Lipinski definition) is 2. The molecule has 4 rings (SSSR count). The zero-order chi connectivity index (χ0) is 18.5. The van der Waals surface area contributed by atoms with Crippen LogP contribution >= 0.6 is 0 Å². The van der Waals surface area contributed by atoms with Gasteiger partial charge in [-0.2, -0.15) is 0 Å². The normalized spacial score (nSPS) is 12.0. The van der Waals surface area contributed by atoms with Crippen molar-refractivity contribution in [2.24, 2.45) is 0 Å². The SMILES string of the molecule is Cc1cccc2c1oc1c(N(C)c3ccc([Si](C)(C)C)cc3)cccc12. The van der Waals surface area contributed by atoms with E-state index in [9.17, 15) is 0 Å². The van der Waals surface area contributed by atoms with Gasteiger partial charge in [-0.1, -0.05) is 67.3 Å². The summed E-state index contributed by atoms with van der Waals surface area (Å²) in [6, 6.07) is 21.7. The molecule has 132 valence electrons. The highest BCUT2D eigenvalue weighted by Crippen LogP contribution is 2.37. The number of anilines is 2. The van der Waals surface area contributed by atoms with Crippen LogP contribution in [0.25, 0.3) is 21.9 Å². The minimum Gasteiger partial charge on any atom is -0.454 e. The van der Waals surface area contributed by atoms with E-state index in [1.807, 2.05) is 0 Å². The molecule has 3 heteroatoms. The molecule has 0 amide bonds. The van der Waals surface area contributed by atoms with Crippen LogP contribution < -0.4 is 10.1 Å². The molecule has 0 fully saturated rings. The lowest BCUT2D eigenvalue weighted by molar-refractivity contribution is 0.665. The fraction of sp³-hybridized carbons (Fsp3) is 0.217. The number of para-hydroxylation sites is 2. The quantitative estimate of drug-likeness (QED) is 0.404. The summed E-state index contributed by atoms with van der Waals surface area (Å²) in [6.45, 7) is 9.23. The van der Waals surface area contributed by atoms with Gasteiger partial charge in [-0.15, -0.1) is 0 Å². The second kappa shape index (κ2) is 6.03. The first kappa shape index (κ1) is 16.9. The number of rotatable bonds is 3. The van der Waals surface area contributed by atoms with Crippen LogP contribution in [0.3, 0.4) is 0 Å². The van der Waals surface area contributed by atoms with Gasteiger partial charge in [-0.25, -0.2) is 0 Å². The molecule has 0 aliphatic carbocycles. The van der Waals surface area contributed by atoms with Gasteiger partial charge >= 0.3 is 0 Å². The van der Waals surface area contributed by atoms with Crippen molar-refractivity contribution in [2.45, 2.75) is 26.6 Å². The van der Waals surface area contributed by atoms with Crippen LogP contribution in [0.15, 0.2) is 65.1 Å². The van der Waals surface area contributed by atoms with Gasteiger partial charge in [-0.3, -0.25) is 0 Å². The summed E-state index contributed by atoms with van der Waals surface area (Å²) in [5.41, 5.74) is 5.38. The average molecular weight is 360 g/mol. The van der Waals surface area contributed by atoms with Crippen molar-refractivity contribution < 1.29 is 4.42 Å². The molecule has 0 unspecified atom stereocenters. The molecule has 4 aromatic rings. The van der Waals surface area contributed by atoms with Crippen molar-refractivity contribution in [3.63, 3.8) is 0 Å². The second-order valence-corrected chi connectivity index (χ2v) is 13.1. The number of nitrogens with zero attached hydrogens (tertiary/aromatic N) is 1. The van der Waals surface area contributed by atoms with Crippen LogP contribution in [0.4, 0.5) is 11.4 Å². The Morgan fingerprint density at radius 3 is 2.04 bits per heavy atom. The molecule has 0 aliphatic rings. The van der Waals surface area contributed by atoms with Crippen molar-refractivity contribution in [1.82, 2.24) is 0 Å². The third-order valence-corrected chi connectivity index (χ3v) is 7.25. The highest BCUT2D eigenvalue weighted by molar-refractivity contribution is 6.88. The predicted molar refractivity (Wildman–Crippen MR) is 116 cm³/mol. The van der Waals surface area contributed by atoms with E-state index in [0.29, 0.717) is 0 Å². The lowest BCUT2D eigenvalue weighted by Gasteiger charge is -2.22. The lowest BCUT2D eigenvalue weighted by Crippen LogP contribution is -2.37. The molecule has 0 saturated heterocycles. The summed E-state index contributed by atoms with van der Waals surface area (Å²) in [7, 11) is 0.830. The van der Waals surface area contributed by atoms with E-state index in [4.69, 9.17) is 4.42 Å². The van der Waals surface area contributed by atoms with Crippen LogP contribution in [0, 0.1) is 6.92 Å². The predicted octanol–water partition coefficient (Wildman–Crippen LogP) is 6.21. The van der Waals surface area contributed by atoms with Gasteiger partial charge in [0.15, 0.2) is 5.58 Å². The molecule has 1 aromatic heterocycles. The first-order valence-corrected chi connectivity index (χ1v) is 12.6. The van der Waals surface area contributed by atoms with Gasteiger partial charge in [0, 0.05) is 23.5 Å². The maximum Gasteiger partial charge on any atom is 0.159 e. The fourth-order valence-electron chi connectivity index (χ4n) is 3.53. The summed E-state index contributed by atoms with van der Waals surface area (Å²) < 4.78 is 6.30. The highest BCUT2D eigenvalue weighted by Gasteiger charge is 2.18. The van der Waals surface area contributed by atoms with Crippen molar-refractivity contribution in [3.05, 3.63) is 66.2 Å². The van der Waals surface area contributed by atoms with Gasteiger partial charge < -0.3 is 9.32 Å². The Morgan fingerprint density at radius 1 is 0.769 bits per heavy atom. The Labute approximate surface area is 156 Å². The summed E-state index contributed by atoms with van der Waals surface area (Å²) in [5.74, 6) is 0. The number of furan rings is 1. The third kappa shape index (κ3) is 2.73. The summed E-state index contributed by atoms with van der Waals surface area (Å²) in [6.07, 6.45) is 0. The van der Waals surface area contributed by atoms with Crippen molar-refractivity contribution in [1.29, 1.82) is 0 Å². The minimum absolute atomic E-state index is 0.952. The molecule has 0 radical (unpaired) electrons. The minimum atomic E-state index is -1.28. The Bertz CT molecular complexity index is 1090. The molecule has 0 atom stereocenters. The van der Waals surface area contributed by atoms with E-state index in [0.717, 1.165) is 16.9 Å². The molecule has 0 bridgehead atoms. The first-order chi connectivity index (χ1) is 12.4. The van der Waals surface area contributed by atoms with Gasteiger partial charge in [0.1, 0.15) is 5.58 Å². The maximum atomic E-state index is 6.30. The second-order valence-electron chi connectivity index (χ2n) is 8.06. The van der Waals surface area contributed by atoms with Gasteiger partial charge in [0.25, 0.3) is 0 Å². The summed E-state index contributed by atoms with van der Waals surface area (Å²) in [4.78, 5) is 2.22. The van der Waals surface area contributed by atoms with Crippen molar-refractivity contribution >= 4 is 46.6 Å². The Balaban J connectivity index is 1.83. The van der Waals surface area contributed by atoms with E-state index >= 15 is 0 Å². The number of hydrogen-bond donors (Lipinski definition) is 0. The molecular weight excluding hydrogens is 334 g/mol. The van der Waals surface area contributed by atoms with E-state index in [1.165, 1.54) is 27.2 Å². The summed E-state index contributed by atoms with van der Waals surface area (Å²) >= 11 is 0. The smallest absolute Gasteiger partial charge is 0.159 e. The highest BCUT2D eigenvalue weighted by atomic mass is 28.3. The Morgan fingerprint density at radius 2 is 1.38 bits per heavy atom. The molecule has 0 spiro atoms. The fourth-order valence-corrected chi connectivity index (χ4v) is 4.70. The molecular formula is C23H25NOSi. The van der Waals surface area contributed by atoms with Crippen LogP contribution in [0.2, 0.25) is 19.6 Å². The Kier molecular flexibility index (Phi) is 3.92. The average Bonchev–Trinajstić information content (AvgIpc) is 3.01. The van der Waals surface area contributed by atoms with Gasteiger partial charge in [-0.05, 0) is 30.7 Å². The van der Waals surface area contributed by atoms with E-state index in [-0.39, 0.29) is 0 Å². The number of fused-ring (bicyclic) bond motifs is 3. The number of aryl methyl sites for hydroxylation is 1. The van der Waals surface area contributed by atoms with E-state index in [2.05, 4.69) is 99.2 Å². The van der Waals surface area contributed by atoms with Crippen LogP contribution in [0.1, 0.15) is 5.56 Å². The van der Waals surface area contributed by atoms with Gasteiger partial charge in [0.05, 0.1) is 13.8 Å². The van der Waals surface area contributed by atoms with Gasteiger partial charge in [0.2, 0.25) is 0 Å².